The van der Waals surface area contributed by atoms with E-state index < -0.39 is 0 Å². The number of hydrogen-bond acceptors (Lipinski definition) is 4. The van der Waals surface area contributed by atoms with Crippen molar-refractivity contribution in [3.8, 4) is 6.07 Å². The maximum Gasteiger partial charge on any atom is 0.192 e. The second kappa shape index (κ2) is 3.95. The van der Waals surface area contributed by atoms with Crippen molar-refractivity contribution in [3.05, 3.63) is 29.7 Å². The van der Waals surface area contributed by atoms with Crippen molar-refractivity contribution in [2.75, 3.05) is 14.1 Å². The van der Waals surface area contributed by atoms with Gasteiger partial charge in [0.2, 0.25) is 0 Å². The average Bonchev–Trinajstić information content (AvgIpc) is 2.57. The highest BCUT2D eigenvalue weighted by Crippen LogP contribution is 2.22. The van der Waals surface area contributed by atoms with Gasteiger partial charge in [-0.2, -0.15) is 5.26 Å². The van der Waals surface area contributed by atoms with E-state index in [9.17, 15) is 0 Å². The lowest BCUT2D eigenvalue weighted by molar-refractivity contribution is 0.358. The molecule has 82 valence electrons. The van der Waals surface area contributed by atoms with Crippen molar-refractivity contribution in [2.45, 2.75) is 13.0 Å². The van der Waals surface area contributed by atoms with Crippen LogP contribution < -0.4 is 0 Å². The minimum atomic E-state index is -0.249. The molecule has 0 aliphatic carbocycles. The van der Waals surface area contributed by atoms with Gasteiger partial charge in [0.15, 0.2) is 11.5 Å². The number of nitriles is 1. The summed E-state index contributed by atoms with van der Waals surface area (Å²) in [4.78, 5) is 6.12. The zero-order chi connectivity index (χ0) is 11.7. The van der Waals surface area contributed by atoms with Crippen molar-refractivity contribution in [1.82, 2.24) is 9.88 Å². The van der Waals surface area contributed by atoms with E-state index in [1.165, 1.54) is 0 Å². The predicted octanol–water partition coefficient (Wildman–Crippen LogP) is 2.26. The first-order chi connectivity index (χ1) is 7.61. The largest absolute Gasteiger partial charge is 0.441 e. The molecule has 0 radical (unpaired) electrons. The van der Waals surface area contributed by atoms with E-state index >= 15 is 0 Å². The summed E-state index contributed by atoms with van der Waals surface area (Å²) in [6, 6.07) is 7.67. The quantitative estimate of drug-likeness (QED) is 0.771. The Hall–Kier alpha value is -1.86. The van der Waals surface area contributed by atoms with Crippen LogP contribution in [0.4, 0.5) is 0 Å². The highest BCUT2D eigenvalue weighted by atomic mass is 16.3. The van der Waals surface area contributed by atoms with Crippen molar-refractivity contribution < 1.29 is 4.42 Å². The maximum absolute atomic E-state index is 9.09. The fourth-order valence-electron chi connectivity index (χ4n) is 1.72. The van der Waals surface area contributed by atoms with Crippen LogP contribution in [-0.2, 0) is 0 Å². The van der Waals surface area contributed by atoms with Gasteiger partial charge in [-0.3, -0.25) is 4.90 Å². The van der Waals surface area contributed by atoms with Gasteiger partial charge in [0.25, 0.3) is 0 Å². The van der Waals surface area contributed by atoms with Gasteiger partial charge in [0.05, 0.1) is 6.07 Å². The molecule has 16 heavy (non-hydrogen) atoms. The number of oxazole rings is 1. The van der Waals surface area contributed by atoms with Gasteiger partial charge in [-0.25, -0.2) is 4.98 Å². The van der Waals surface area contributed by atoms with Crippen molar-refractivity contribution in [3.63, 3.8) is 0 Å². The van der Waals surface area contributed by atoms with E-state index in [0.29, 0.717) is 5.89 Å². The van der Waals surface area contributed by atoms with Crippen LogP contribution >= 0.6 is 0 Å². The summed E-state index contributed by atoms with van der Waals surface area (Å²) in [5, 5.41) is 9.09. The van der Waals surface area contributed by atoms with Crippen LogP contribution in [-0.4, -0.2) is 24.0 Å². The van der Waals surface area contributed by atoms with Gasteiger partial charge in [0.1, 0.15) is 11.6 Å². The molecule has 4 nitrogen and oxygen atoms in total. The average molecular weight is 215 g/mol. The fraction of sp³-hybridized carbons (Fsp3) is 0.333. The normalized spacial score (nSPS) is 12.9. The molecule has 0 N–H and O–H groups in total. The van der Waals surface area contributed by atoms with Crippen LogP contribution in [0.5, 0.6) is 0 Å². The molecule has 2 rings (SSSR count). The summed E-state index contributed by atoms with van der Waals surface area (Å²) in [7, 11) is 3.76. The van der Waals surface area contributed by atoms with E-state index in [1.807, 2.05) is 44.1 Å². The predicted molar refractivity (Wildman–Crippen MR) is 60.8 cm³/mol. The van der Waals surface area contributed by atoms with Gasteiger partial charge >= 0.3 is 0 Å². The number of nitrogens with zero attached hydrogens (tertiary/aromatic N) is 3. The summed E-state index contributed by atoms with van der Waals surface area (Å²) in [5.74, 6) is 0.644. The van der Waals surface area contributed by atoms with Crippen LogP contribution in [0.1, 0.15) is 17.5 Å². The van der Waals surface area contributed by atoms with Crippen LogP contribution in [0, 0.1) is 18.3 Å². The second-order valence-corrected chi connectivity index (χ2v) is 3.96. The topological polar surface area (TPSA) is 53.1 Å². The number of aryl methyl sites for hydroxylation is 1. The lowest BCUT2D eigenvalue weighted by Gasteiger charge is -2.16. The van der Waals surface area contributed by atoms with E-state index in [0.717, 1.165) is 16.7 Å². The molecular formula is C12H13N3O. The summed E-state index contributed by atoms with van der Waals surface area (Å²) >= 11 is 0. The van der Waals surface area contributed by atoms with Crippen molar-refractivity contribution in [2.24, 2.45) is 0 Å². The molecule has 0 amide bonds. The Morgan fingerprint density at radius 1 is 1.44 bits per heavy atom. The molecule has 0 saturated heterocycles. The van der Waals surface area contributed by atoms with Gasteiger partial charge < -0.3 is 4.42 Å². The molecule has 4 heteroatoms. The second-order valence-electron chi connectivity index (χ2n) is 3.96. The standard InChI is InChI=1S/C12H13N3O/c1-8-14-10-6-9(4-5-12(10)16-8)11(7-13)15(2)3/h4-6,11H,1-3H3. The molecular weight excluding hydrogens is 202 g/mol. The molecule has 0 spiro atoms. The van der Waals surface area contributed by atoms with E-state index in [-0.39, 0.29) is 6.04 Å². The Morgan fingerprint density at radius 3 is 2.81 bits per heavy atom. The third-order valence-corrected chi connectivity index (χ3v) is 2.47. The highest BCUT2D eigenvalue weighted by molar-refractivity contribution is 5.73. The number of aromatic nitrogens is 1. The number of rotatable bonds is 2. The lowest BCUT2D eigenvalue weighted by Crippen LogP contribution is -2.18. The number of benzene rings is 1. The summed E-state index contributed by atoms with van der Waals surface area (Å²) < 4.78 is 5.39. The Bertz CT molecular complexity index is 551. The summed E-state index contributed by atoms with van der Waals surface area (Å²) in [5.41, 5.74) is 2.50. The molecule has 0 aliphatic rings. The van der Waals surface area contributed by atoms with Crippen LogP contribution in [0.15, 0.2) is 22.6 Å². The van der Waals surface area contributed by atoms with E-state index in [2.05, 4.69) is 11.1 Å². The van der Waals surface area contributed by atoms with Gasteiger partial charge in [-0.1, -0.05) is 6.07 Å². The third-order valence-electron chi connectivity index (χ3n) is 2.47. The first kappa shape index (κ1) is 10.7. The van der Waals surface area contributed by atoms with Crippen molar-refractivity contribution >= 4 is 11.1 Å². The number of fused-ring (bicyclic) bond motifs is 1. The smallest absolute Gasteiger partial charge is 0.192 e. The molecule has 0 saturated carbocycles. The van der Waals surface area contributed by atoms with Gasteiger partial charge in [-0.05, 0) is 31.8 Å². The molecule has 1 heterocycles. The Kier molecular flexibility index (Phi) is 2.63. The van der Waals surface area contributed by atoms with Crippen LogP contribution in [0.3, 0.4) is 0 Å². The Balaban J connectivity index is 2.50. The number of hydrogen-bond donors (Lipinski definition) is 0. The third kappa shape index (κ3) is 1.77. The summed E-state index contributed by atoms with van der Waals surface area (Å²) in [6.07, 6.45) is 0. The van der Waals surface area contributed by atoms with Crippen LogP contribution in [0.25, 0.3) is 11.1 Å². The monoisotopic (exact) mass is 215 g/mol. The van der Waals surface area contributed by atoms with Gasteiger partial charge in [-0.15, -0.1) is 0 Å². The van der Waals surface area contributed by atoms with Crippen LogP contribution in [0.2, 0.25) is 0 Å². The lowest BCUT2D eigenvalue weighted by atomic mass is 10.1. The molecule has 1 aromatic heterocycles. The molecule has 0 fully saturated rings. The minimum Gasteiger partial charge on any atom is -0.441 e. The molecule has 0 aliphatic heterocycles. The SMILES string of the molecule is Cc1nc2cc(C(C#N)N(C)C)ccc2o1. The Morgan fingerprint density at radius 2 is 2.19 bits per heavy atom. The molecule has 2 aromatic rings. The zero-order valence-corrected chi connectivity index (χ0v) is 9.56. The minimum absolute atomic E-state index is 0.249. The maximum atomic E-state index is 9.09. The first-order valence-corrected chi connectivity index (χ1v) is 5.05. The summed E-state index contributed by atoms with van der Waals surface area (Å²) in [6.45, 7) is 1.81. The molecule has 1 aromatic carbocycles. The fourth-order valence-corrected chi connectivity index (χ4v) is 1.72. The van der Waals surface area contributed by atoms with Gasteiger partial charge in [0, 0.05) is 6.92 Å². The van der Waals surface area contributed by atoms with E-state index in [1.54, 1.807) is 0 Å². The van der Waals surface area contributed by atoms with E-state index in [4.69, 9.17) is 9.68 Å². The molecule has 0 bridgehead atoms. The Labute approximate surface area is 94.1 Å². The highest BCUT2D eigenvalue weighted by Gasteiger charge is 2.14. The first-order valence-electron chi connectivity index (χ1n) is 5.05. The van der Waals surface area contributed by atoms with Crippen molar-refractivity contribution in [1.29, 1.82) is 5.26 Å². The molecule has 1 atom stereocenters. The molecule has 1 unspecified atom stereocenters. The zero-order valence-electron chi connectivity index (χ0n) is 9.56.